The third-order valence-electron chi connectivity index (χ3n) is 3.94. The largest absolute Gasteiger partial charge is 0.416 e. The van der Waals surface area contributed by atoms with E-state index < -0.39 is 64.8 Å². The molecule has 3 rings (SSSR count). The highest BCUT2D eigenvalue weighted by Gasteiger charge is 2.46. The van der Waals surface area contributed by atoms with Crippen molar-refractivity contribution in [2.75, 3.05) is 13.1 Å². The number of alkyl halides is 8. The van der Waals surface area contributed by atoms with Crippen molar-refractivity contribution < 1.29 is 39.9 Å². The SMILES string of the molecule is O=C(C(Cl)=Cn1cnc(-c2cc(C(F)(F)F)cc(C(F)(F)F)c2)n1)N1CC(F)(F)C1. The molecule has 2 aromatic rings. The van der Waals surface area contributed by atoms with Crippen LogP contribution >= 0.6 is 11.6 Å². The van der Waals surface area contributed by atoms with Gasteiger partial charge in [0, 0.05) is 5.56 Å². The van der Waals surface area contributed by atoms with E-state index in [2.05, 4.69) is 10.1 Å². The summed E-state index contributed by atoms with van der Waals surface area (Å²) >= 11 is 5.73. The monoisotopic (exact) mass is 460 g/mol. The zero-order valence-electron chi connectivity index (χ0n) is 14.4. The Balaban J connectivity index is 1.89. The standard InChI is InChI=1S/C16H9ClF8N4O/c17-11(13(30)28-5-14(18,19)6-28)4-29-7-26-12(27-29)8-1-9(15(20,21)22)3-10(2-8)16(23,24)25/h1-4,7H,5-6H2. The van der Waals surface area contributed by atoms with Crippen LogP contribution in [0.4, 0.5) is 35.1 Å². The second-order valence-electron chi connectivity index (χ2n) is 6.34. The molecule has 14 heteroatoms. The Morgan fingerprint density at radius 3 is 2.03 bits per heavy atom. The van der Waals surface area contributed by atoms with Gasteiger partial charge in [0.25, 0.3) is 11.8 Å². The van der Waals surface area contributed by atoms with Gasteiger partial charge in [-0.05, 0) is 18.2 Å². The molecule has 0 radical (unpaired) electrons. The lowest BCUT2D eigenvalue weighted by molar-refractivity contribution is -0.161. The minimum Gasteiger partial charge on any atom is -0.326 e. The number of hydrogen-bond acceptors (Lipinski definition) is 3. The average molecular weight is 461 g/mol. The molecule has 1 fully saturated rings. The molecule has 5 nitrogen and oxygen atoms in total. The van der Waals surface area contributed by atoms with Crippen LogP contribution in [0.15, 0.2) is 29.6 Å². The Bertz CT molecular complexity index is 971. The summed E-state index contributed by atoms with van der Waals surface area (Å²) in [6, 6.07) is 0.833. The Kier molecular flexibility index (Phi) is 5.29. The highest BCUT2D eigenvalue weighted by Crippen LogP contribution is 2.38. The molecule has 0 atom stereocenters. The van der Waals surface area contributed by atoms with E-state index in [1.807, 2.05) is 0 Å². The summed E-state index contributed by atoms with van der Waals surface area (Å²) in [5.41, 5.74) is -3.67. The molecule has 1 aromatic carbocycles. The second-order valence-corrected chi connectivity index (χ2v) is 6.74. The number of likely N-dealkylation sites (tertiary alicyclic amines) is 1. The van der Waals surface area contributed by atoms with Crippen molar-refractivity contribution in [2.24, 2.45) is 0 Å². The van der Waals surface area contributed by atoms with Crippen molar-refractivity contribution in [3.8, 4) is 11.4 Å². The van der Waals surface area contributed by atoms with Crippen molar-refractivity contribution >= 4 is 23.7 Å². The third-order valence-corrected chi connectivity index (χ3v) is 4.20. The van der Waals surface area contributed by atoms with Gasteiger partial charge in [-0.15, -0.1) is 5.10 Å². The number of rotatable bonds is 3. The Morgan fingerprint density at radius 2 is 1.57 bits per heavy atom. The van der Waals surface area contributed by atoms with Gasteiger partial charge in [-0.3, -0.25) is 4.79 Å². The fourth-order valence-electron chi connectivity index (χ4n) is 2.53. The van der Waals surface area contributed by atoms with Gasteiger partial charge < -0.3 is 4.90 Å². The number of halogens is 9. The molecule has 0 saturated carbocycles. The second kappa shape index (κ2) is 7.22. The van der Waals surface area contributed by atoms with Crippen LogP contribution in [0.1, 0.15) is 11.1 Å². The van der Waals surface area contributed by atoms with Crippen LogP contribution in [-0.4, -0.2) is 44.6 Å². The first-order valence-corrected chi connectivity index (χ1v) is 8.29. The summed E-state index contributed by atoms with van der Waals surface area (Å²) in [4.78, 5) is 16.3. The Labute approximate surface area is 167 Å². The number of benzene rings is 1. The van der Waals surface area contributed by atoms with E-state index in [1.165, 1.54) is 0 Å². The average Bonchev–Trinajstić information content (AvgIpc) is 3.05. The normalized spacial score (nSPS) is 17.1. The van der Waals surface area contributed by atoms with Gasteiger partial charge in [0.15, 0.2) is 5.82 Å². The summed E-state index contributed by atoms with van der Waals surface area (Å²) in [6.07, 6.45) is -8.38. The minimum absolute atomic E-state index is 0.0429. The third kappa shape index (κ3) is 4.71. The molecule has 30 heavy (non-hydrogen) atoms. The maximum Gasteiger partial charge on any atom is 0.416 e. The summed E-state index contributed by atoms with van der Waals surface area (Å²) < 4.78 is 104. The lowest BCUT2D eigenvalue weighted by Gasteiger charge is -2.38. The van der Waals surface area contributed by atoms with Crippen molar-refractivity contribution in [2.45, 2.75) is 18.3 Å². The lowest BCUT2D eigenvalue weighted by atomic mass is 10.0. The molecule has 1 amide bonds. The van der Waals surface area contributed by atoms with E-state index in [0.717, 1.165) is 22.1 Å². The van der Waals surface area contributed by atoms with Gasteiger partial charge in [-0.1, -0.05) is 11.6 Å². The molecule has 2 heterocycles. The molecule has 0 aliphatic carbocycles. The number of aromatic nitrogens is 3. The fourth-order valence-corrected chi connectivity index (χ4v) is 2.75. The van der Waals surface area contributed by atoms with E-state index in [0.29, 0.717) is 12.1 Å². The van der Waals surface area contributed by atoms with E-state index >= 15 is 0 Å². The predicted molar refractivity (Wildman–Crippen MR) is 87.1 cm³/mol. The highest BCUT2D eigenvalue weighted by molar-refractivity contribution is 6.43. The van der Waals surface area contributed by atoms with Crippen LogP contribution in [0.5, 0.6) is 0 Å². The first-order valence-electron chi connectivity index (χ1n) is 7.91. The maximum absolute atomic E-state index is 13.0. The number of nitrogens with zero attached hydrogens (tertiary/aromatic N) is 4. The van der Waals surface area contributed by atoms with Crippen molar-refractivity contribution in [3.63, 3.8) is 0 Å². The van der Waals surface area contributed by atoms with Gasteiger partial charge in [0.2, 0.25) is 0 Å². The molecule has 0 spiro atoms. The summed E-state index contributed by atoms with van der Waals surface area (Å²) in [6.45, 7) is -1.66. The molecule has 1 aliphatic rings. The Morgan fingerprint density at radius 1 is 1.03 bits per heavy atom. The summed E-state index contributed by atoms with van der Waals surface area (Å²) in [5, 5.41) is 3.12. The zero-order valence-corrected chi connectivity index (χ0v) is 15.2. The molecule has 1 saturated heterocycles. The van der Waals surface area contributed by atoms with Crippen LogP contribution in [0.2, 0.25) is 0 Å². The van der Waals surface area contributed by atoms with E-state index in [-0.39, 0.29) is 6.07 Å². The van der Waals surface area contributed by atoms with E-state index in [4.69, 9.17) is 11.6 Å². The quantitative estimate of drug-likeness (QED) is 0.501. The van der Waals surface area contributed by atoms with Crippen LogP contribution in [0.25, 0.3) is 17.6 Å². The van der Waals surface area contributed by atoms with Crippen LogP contribution in [0.3, 0.4) is 0 Å². The summed E-state index contributed by atoms with van der Waals surface area (Å²) in [5.74, 6) is -4.47. The van der Waals surface area contributed by atoms with E-state index in [9.17, 15) is 39.9 Å². The molecule has 1 aromatic heterocycles. The number of hydrogen-bond donors (Lipinski definition) is 0. The first-order chi connectivity index (χ1) is 13.7. The Hall–Kier alpha value is -2.70. The van der Waals surface area contributed by atoms with Crippen molar-refractivity contribution in [3.05, 3.63) is 40.7 Å². The zero-order chi connectivity index (χ0) is 22.5. The molecule has 162 valence electrons. The van der Waals surface area contributed by atoms with Gasteiger partial charge in [-0.2, -0.15) is 26.3 Å². The highest BCUT2D eigenvalue weighted by atomic mass is 35.5. The molecule has 1 aliphatic heterocycles. The molecule has 0 N–H and O–H groups in total. The minimum atomic E-state index is -5.05. The molecule has 0 bridgehead atoms. The number of carbonyl (C=O) groups is 1. The van der Waals surface area contributed by atoms with Crippen molar-refractivity contribution in [1.82, 2.24) is 19.7 Å². The van der Waals surface area contributed by atoms with Gasteiger partial charge in [0.1, 0.15) is 11.4 Å². The van der Waals surface area contributed by atoms with Gasteiger partial charge in [0.05, 0.1) is 30.4 Å². The first kappa shape index (κ1) is 22.0. The topological polar surface area (TPSA) is 51.0 Å². The maximum atomic E-state index is 13.0. The molecule has 0 unspecified atom stereocenters. The van der Waals surface area contributed by atoms with Gasteiger partial charge >= 0.3 is 12.4 Å². The van der Waals surface area contributed by atoms with Crippen LogP contribution in [0, 0.1) is 0 Å². The van der Waals surface area contributed by atoms with Crippen molar-refractivity contribution in [1.29, 1.82) is 0 Å². The number of amides is 1. The van der Waals surface area contributed by atoms with Crippen LogP contribution < -0.4 is 0 Å². The molecular formula is C16H9ClF8N4O. The fraction of sp³-hybridized carbons (Fsp3) is 0.312. The molecular weight excluding hydrogens is 452 g/mol. The smallest absolute Gasteiger partial charge is 0.326 e. The van der Waals surface area contributed by atoms with E-state index in [1.54, 1.807) is 0 Å². The lowest BCUT2D eigenvalue weighted by Crippen LogP contribution is -2.58. The van der Waals surface area contributed by atoms with Crippen LogP contribution in [-0.2, 0) is 17.1 Å². The number of carbonyl (C=O) groups excluding carboxylic acids is 1. The van der Waals surface area contributed by atoms with Gasteiger partial charge in [-0.25, -0.2) is 18.4 Å². The summed E-state index contributed by atoms with van der Waals surface area (Å²) in [7, 11) is 0. The predicted octanol–water partition coefficient (Wildman–Crippen LogP) is 4.50.